The molecule has 5 rings (SSSR count). The fourth-order valence-electron chi connectivity index (χ4n) is 5.06. The number of ketones is 1. The van der Waals surface area contributed by atoms with Crippen LogP contribution in [-0.2, 0) is 9.59 Å². The zero-order valence-corrected chi connectivity index (χ0v) is 18.7. The number of esters is 1. The summed E-state index contributed by atoms with van der Waals surface area (Å²) in [6, 6.07) is 20.2. The average molecular weight is 462 g/mol. The lowest BCUT2D eigenvalue weighted by molar-refractivity contribution is -0.147. The number of carbonyl (C=O) groups is 3. The number of benzene rings is 3. The second-order valence-corrected chi connectivity index (χ2v) is 8.83. The lowest BCUT2D eigenvalue weighted by atomic mass is 9.86. The van der Waals surface area contributed by atoms with E-state index in [-0.39, 0.29) is 5.78 Å². The van der Waals surface area contributed by atoms with Gasteiger partial charge in [-0.1, -0.05) is 29.8 Å². The molecule has 0 aromatic heterocycles. The van der Waals surface area contributed by atoms with Crippen LogP contribution < -0.4 is 14.8 Å². The molecule has 1 aliphatic carbocycles. The summed E-state index contributed by atoms with van der Waals surface area (Å²) in [5.41, 5.74) is -1.52. The molecule has 1 aliphatic heterocycles. The summed E-state index contributed by atoms with van der Waals surface area (Å²) in [5, 5.41) is 3.30. The first-order chi connectivity index (χ1) is 15.8. The quantitative estimate of drug-likeness (QED) is 0.253. The van der Waals surface area contributed by atoms with Crippen molar-refractivity contribution < 1.29 is 23.9 Å². The van der Waals surface area contributed by atoms with Crippen molar-refractivity contribution in [3.05, 3.63) is 88.9 Å². The number of fused-ring (bicyclic) bond motifs is 3. The second-order valence-electron chi connectivity index (χ2n) is 8.39. The number of halogens is 1. The molecule has 1 N–H and O–H groups in total. The van der Waals surface area contributed by atoms with E-state index in [1.807, 2.05) is 0 Å². The molecule has 0 bridgehead atoms. The maximum atomic E-state index is 13.8. The van der Waals surface area contributed by atoms with E-state index in [0.29, 0.717) is 33.3 Å². The Morgan fingerprint density at radius 3 is 2.33 bits per heavy atom. The van der Waals surface area contributed by atoms with Gasteiger partial charge in [0.25, 0.3) is 0 Å². The van der Waals surface area contributed by atoms with Crippen molar-refractivity contribution in [3.8, 4) is 11.5 Å². The molecule has 1 fully saturated rings. The molecule has 33 heavy (non-hydrogen) atoms. The molecule has 166 valence electrons. The van der Waals surface area contributed by atoms with E-state index in [0.717, 1.165) is 0 Å². The number of nitrogens with one attached hydrogen (secondary N) is 1. The summed E-state index contributed by atoms with van der Waals surface area (Å²) >= 11 is 5.99. The van der Waals surface area contributed by atoms with Crippen LogP contribution in [0.3, 0.4) is 0 Å². The first-order valence-corrected chi connectivity index (χ1v) is 10.8. The highest BCUT2D eigenvalue weighted by Crippen LogP contribution is 2.78. The van der Waals surface area contributed by atoms with Crippen molar-refractivity contribution in [2.24, 2.45) is 10.8 Å². The van der Waals surface area contributed by atoms with Gasteiger partial charge in [-0.15, -0.1) is 0 Å². The molecule has 0 saturated heterocycles. The Morgan fingerprint density at radius 2 is 1.67 bits per heavy atom. The predicted octanol–water partition coefficient (Wildman–Crippen LogP) is 4.88. The number of hydrogen-bond acceptors (Lipinski definition) is 5. The summed E-state index contributed by atoms with van der Waals surface area (Å²) in [5.74, 6) is -1.30. The zero-order chi connectivity index (χ0) is 23.4. The molecule has 2 aliphatic rings. The molecule has 0 radical (unpaired) electrons. The van der Waals surface area contributed by atoms with Gasteiger partial charge in [-0.05, 0) is 61.5 Å². The fourth-order valence-corrected chi connectivity index (χ4v) is 5.19. The van der Waals surface area contributed by atoms with E-state index >= 15 is 0 Å². The Bertz CT molecular complexity index is 1290. The third kappa shape index (κ3) is 2.91. The minimum Gasteiger partial charge on any atom is -0.497 e. The van der Waals surface area contributed by atoms with Crippen molar-refractivity contribution in [1.29, 1.82) is 0 Å². The minimum absolute atomic E-state index is 0.317. The predicted molar refractivity (Wildman–Crippen MR) is 123 cm³/mol. The van der Waals surface area contributed by atoms with Crippen LogP contribution >= 0.6 is 11.6 Å². The maximum Gasteiger partial charge on any atom is 0.328 e. The Kier molecular flexibility index (Phi) is 4.79. The van der Waals surface area contributed by atoms with E-state index < -0.39 is 28.6 Å². The SMILES string of the molecule is COc1ccc(NC(=O)[C@]23C(=O)Oc4ccccc4[C@H]2[C@]3(C)C(=O)c2ccc(Cl)cc2)cc1. The van der Waals surface area contributed by atoms with Gasteiger partial charge in [-0.3, -0.25) is 14.4 Å². The summed E-state index contributed by atoms with van der Waals surface area (Å²) in [7, 11) is 1.55. The van der Waals surface area contributed by atoms with Crippen LogP contribution in [0, 0.1) is 10.8 Å². The molecule has 1 heterocycles. The molecular formula is C26H20ClNO5. The number of ether oxygens (including phenoxy) is 2. The van der Waals surface area contributed by atoms with Crippen molar-refractivity contribution >= 4 is 34.9 Å². The number of amides is 1. The van der Waals surface area contributed by atoms with Crippen LogP contribution in [-0.4, -0.2) is 24.8 Å². The van der Waals surface area contributed by atoms with Crippen LogP contribution in [0.1, 0.15) is 28.8 Å². The van der Waals surface area contributed by atoms with Gasteiger partial charge in [0.2, 0.25) is 5.91 Å². The number of carbonyl (C=O) groups excluding carboxylic acids is 3. The van der Waals surface area contributed by atoms with Gasteiger partial charge in [-0.25, -0.2) is 0 Å². The summed E-state index contributed by atoms with van der Waals surface area (Å²) in [4.78, 5) is 40.8. The smallest absolute Gasteiger partial charge is 0.328 e. The van der Waals surface area contributed by atoms with Gasteiger partial charge in [0.15, 0.2) is 11.2 Å². The monoisotopic (exact) mass is 461 g/mol. The fraction of sp³-hybridized carbons (Fsp3) is 0.192. The van der Waals surface area contributed by atoms with Gasteiger partial charge in [-0.2, -0.15) is 0 Å². The number of anilines is 1. The normalized spacial score (nSPS) is 24.7. The largest absolute Gasteiger partial charge is 0.497 e. The molecular weight excluding hydrogens is 442 g/mol. The van der Waals surface area contributed by atoms with E-state index in [1.165, 1.54) is 0 Å². The summed E-state index contributed by atoms with van der Waals surface area (Å²) < 4.78 is 10.7. The molecule has 3 aromatic rings. The Hall–Kier alpha value is -3.64. The highest BCUT2D eigenvalue weighted by Gasteiger charge is 2.88. The number of methoxy groups -OCH3 is 1. The molecule has 3 aromatic carbocycles. The van der Waals surface area contributed by atoms with Crippen LogP contribution in [0.25, 0.3) is 0 Å². The number of rotatable bonds is 5. The highest BCUT2D eigenvalue weighted by atomic mass is 35.5. The topological polar surface area (TPSA) is 81.7 Å². The first-order valence-electron chi connectivity index (χ1n) is 10.4. The molecule has 6 nitrogen and oxygen atoms in total. The van der Waals surface area contributed by atoms with Crippen LogP contribution in [0.15, 0.2) is 72.8 Å². The van der Waals surface area contributed by atoms with E-state index in [1.54, 1.807) is 86.8 Å². The first kappa shape index (κ1) is 21.2. The van der Waals surface area contributed by atoms with Gasteiger partial charge in [0.05, 0.1) is 12.5 Å². The number of hydrogen-bond donors (Lipinski definition) is 1. The van der Waals surface area contributed by atoms with Crippen molar-refractivity contribution in [3.63, 3.8) is 0 Å². The average Bonchev–Trinajstić information content (AvgIpc) is 3.43. The zero-order valence-electron chi connectivity index (χ0n) is 17.9. The summed E-state index contributed by atoms with van der Waals surface area (Å²) in [6.07, 6.45) is 0. The number of para-hydroxylation sites is 1. The molecule has 7 heteroatoms. The Morgan fingerprint density at radius 1 is 1.00 bits per heavy atom. The second kappa shape index (κ2) is 7.46. The van der Waals surface area contributed by atoms with E-state index in [2.05, 4.69) is 5.32 Å². The summed E-state index contributed by atoms with van der Waals surface area (Å²) in [6.45, 7) is 1.66. The maximum absolute atomic E-state index is 13.8. The molecule has 1 saturated carbocycles. The van der Waals surface area contributed by atoms with Crippen molar-refractivity contribution in [2.45, 2.75) is 12.8 Å². The van der Waals surface area contributed by atoms with E-state index in [9.17, 15) is 14.4 Å². The van der Waals surface area contributed by atoms with E-state index in [4.69, 9.17) is 21.1 Å². The van der Waals surface area contributed by atoms with Gasteiger partial charge in [0.1, 0.15) is 11.5 Å². The Balaban J connectivity index is 1.60. The molecule has 3 atom stereocenters. The standard InChI is InChI=1S/C26H20ClNO5/c1-25(22(29)15-7-9-16(27)10-8-15)21-19-5-3-4-6-20(19)33-24(31)26(21,25)23(30)28-17-11-13-18(32-2)14-12-17/h3-14,21H,1-2H3,(H,28,30)/t21-,25+,26-/m0/s1. The van der Waals surface area contributed by atoms with Gasteiger partial charge in [0, 0.05) is 27.8 Å². The lowest BCUT2D eigenvalue weighted by Gasteiger charge is -2.23. The van der Waals surface area contributed by atoms with Crippen molar-refractivity contribution in [1.82, 2.24) is 0 Å². The molecule has 0 spiro atoms. The van der Waals surface area contributed by atoms with Crippen molar-refractivity contribution in [2.75, 3.05) is 12.4 Å². The van der Waals surface area contributed by atoms with Gasteiger partial charge >= 0.3 is 5.97 Å². The van der Waals surface area contributed by atoms with Crippen LogP contribution in [0.4, 0.5) is 5.69 Å². The third-order valence-electron chi connectivity index (χ3n) is 6.78. The number of Topliss-reactive ketones (excluding diaryl/α,β-unsaturated/α-hetero) is 1. The third-order valence-corrected chi connectivity index (χ3v) is 7.04. The van der Waals surface area contributed by atoms with Crippen LogP contribution in [0.2, 0.25) is 5.02 Å². The minimum atomic E-state index is -1.70. The van der Waals surface area contributed by atoms with Gasteiger partial charge < -0.3 is 14.8 Å². The lowest BCUT2D eigenvalue weighted by Crippen LogP contribution is -2.42. The highest BCUT2D eigenvalue weighted by molar-refractivity contribution is 6.30. The Labute approximate surface area is 195 Å². The molecule has 1 amide bonds. The van der Waals surface area contributed by atoms with Crippen LogP contribution in [0.5, 0.6) is 11.5 Å². The molecule has 0 unspecified atom stereocenters.